The first-order chi connectivity index (χ1) is 11.7. The topological polar surface area (TPSA) is 52.9 Å². The molecule has 1 aromatic rings. The highest BCUT2D eigenvalue weighted by atomic mass is 16.5. The second kappa shape index (κ2) is 10.8. The minimum absolute atomic E-state index is 0.428. The Labute approximate surface area is 146 Å². The Kier molecular flexibility index (Phi) is 8.75. The molecule has 4 nitrogen and oxygen atoms in total. The van der Waals surface area contributed by atoms with Gasteiger partial charge in [0.15, 0.2) is 0 Å². The fourth-order valence-electron chi connectivity index (χ4n) is 3.35. The fourth-order valence-corrected chi connectivity index (χ4v) is 3.35. The highest BCUT2D eigenvalue weighted by molar-refractivity contribution is 5.13. The van der Waals surface area contributed by atoms with Gasteiger partial charge >= 0.3 is 0 Å². The smallest absolute Gasteiger partial charge is 0.112 e. The number of benzene rings is 1. The summed E-state index contributed by atoms with van der Waals surface area (Å²) in [6.45, 7) is 4.78. The number of piperidine rings is 1. The average molecular weight is 335 g/mol. The van der Waals surface area contributed by atoms with Crippen molar-refractivity contribution in [1.29, 1.82) is 0 Å². The predicted molar refractivity (Wildman–Crippen MR) is 96.8 cm³/mol. The monoisotopic (exact) mass is 335 g/mol. The Morgan fingerprint density at radius 3 is 2.25 bits per heavy atom. The lowest BCUT2D eigenvalue weighted by Gasteiger charge is -2.39. The van der Waals surface area contributed by atoms with Crippen molar-refractivity contribution in [3.05, 3.63) is 35.9 Å². The maximum Gasteiger partial charge on any atom is 0.112 e. The van der Waals surface area contributed by atoms with Crippen molar-refractivity contribution in [3.8, 4) is 0 Å². The van der Waals surface area contributed by atoms with Crippen LogP contribution in [0.5, 0.6) is 0 Å². The van der Waals surface area contributed by atoms with Gasteiger partial charge in [0.2, 0.25) is 0 Å². The quantitative estimate of drug-likeness (QED) is 0.646. The van der Waals surface area contributed by atoms with Gasteiger partial charge in [-0.15, -0.1) is 0 Å². The number of hydrogen-bond acceptors (Lipinski definition) is 4. The molecule has 1 saturated heterocycles. The first-order valence-corrected chi connectivity index (χ1v) is 9.44. The number of hydrogen-bond donors (Lipinski definition) is 2. The number of aliphatic hydroxyl groups is 2. The van der Waals surface area contributed by atoms with Crippen molar-refractivity contribution in [2.24, 2.45) is 0 Å². The van der Waals surface area contributed by atoms with Crippen molar-refractivity contribution >= 4 is 0 Å². The van der Waals surface area contributed by atoms with E-state index in [0.29, 0.717) is 19.7 Å². The Hall–Kier alpha value is -0.940. The van der Waals surface area contributed by atoms with Crippen LogP contribution in [-0.4, -0.2) is 53.1 Å². The third kappa shape index (κ3) is 6.52. The summed E-state index contributed by atoms with van der Waals surface area (Å²) in [5.74, 6) is 0. The van der Waals surface area contributed by atoms with E-state index in [2.05, 4.69) is 11.8 Å². The zero-order chi connectivity index (χ0) is 17.2. The van der Waals surface area contributed by atoms with E-state index in [-0.39, 0.29) is 0 Å². The summed E-state index contributed by atoms with van der Waals surface area (Å²) in [6, 6.07) is 9.89. The van der Waals surface area contributed by atoms with Crippen molar-refractivity contribution in [2.45, 2.75) is 70.4 Å². The van der Waals surface area contributed by atoms with E-state index in [4.69, 9.17) is 4.74 Å². The van der Waals surface area contributed by atoms with E-state index in [1.807, 2.05) is 30.3 Å². The highest BCUT2D eigenvalue weighted by Gasteiger charge is 2.35. The number of unbranched alkanes of at least 4 members (excludes halogenated alkanes) is 5. The highest BCUT2D eigenvalue weighted by Crippen LogP contribution is 2.18. The molecule has 0 aliphatic carbocycles. The van der Waals surface area contributed by atoms with Crippen molar-refractivity contribution in [3.63, 3.8) is 0 Å². The lowest BCUT2D eigenvalue weighted by molar-refractivity contribution is -0.144. The fraction of sp³-hybridized carbons (Fsp3) is 0.700. The first kappa shape index (κ1) is 19.4. The van der Waals surface area contributed by atoms with Gasteiger partial charge in [-0.3, -0.25) is 4.90 Å². The summed E-state index contributed by atoms with van der Waals surface area (Å²) in [6.07, 6.45) is 5.82. The number of aliphatic hydroxyl groups excluding tert-OH is 2. The van der Waals surface area contributed by atoms with Gasteiger partial charge in [0.1, 0.15) is 6.10 Å². The zero-order valence-electron chi connectivity index (χ0n) is 14.9. The SMILES string of the molecule is CCCCCCCCN1CC(O)C(OCc2ccccc2)C(O)C1. The average Bonchev–Trinajstić information content (AvgIpc) is 2.58. The largest absolute Gasteiger partial charge is 0.389 e. The van der Waals surface area contributed by atoms with Gasteiger partial charge in [0.05, 0.1) is 18.8 Å². The summed E-state index contributed by atoms with van der Waals surface area (Å²) < 4.78 is 5.79. The minimum Gasteiger partial charge on any atom is -0.389 e. The molecule has 136 valence electrons. The summed E-state index contributed by atoms with van der Waals surface area (Å²) in [5, 5.41) is 20.7. The van der Waals surface area contributed by atoms with Crippen LogP contribution in [-0.2, 0) is 11.3 Å². The second-order valence-electron chi connectivity index (χ2n) is 6.92. The molecule has 0 amide bonds. The molecule has 2 unspecified atom stereocenters. The Morgan fingerprint density at radius 2 is 1.58 bits per heavy atom. The van der Waals surface area contributed by atoms with E-state index < -0.39 is 18.3 Å². The standard InChI is InChI=1S/C20H33NO3/c1-2-3-4-5-6-10-13-21-14-18(22)20(19(23)15-21)24-16-17-11-8-7-9-12-17/h7-9,11-12,18-20,22-23H,2-6,10,13-16H2,1H3. The molecule has 1 aliphatic heterocycles. The van der Waals surface area contributed by atoms with Crippen LogP contribution in [0, 0.1) is 0 Å². The van der Waals surface area contributed by atoms with Crippen molar-refractivity contribution in [1.82, 2.24) is 4.90 Å². The Balaban J connectivity index is 1.67. The number of rotatable bonds is 10. The number of likely N-dealkylation sites (tertiary alicyclic amines) is 1. The molecule has 4 heteroatoms. The maximum absolute atomic E-state index is 10.3. The molecule has 0 spiro atoms. The van der Waals surface area contributed by atoms with E-state index in [1.54, 1.807) is 0 Å². The van der Waals surface area contributed by atoms with Crippen LogP contribution in [0.25, 0.3) is 0 Å². The predicted octanol–water partition coefficient (Wildman–Crippen LogP) is 2.97. The molecule has 2 N–H and O–H groups in total. The molecular weight excluding hydrogens is 302 g/mol. The molecule has 1 heterocycles. The molecule has 24 heavy (non-hydrogen) atoms. The van der Waals surface area contributed by atoms with Crippen molar-refractivity contribution in [2.75, 3.05) is 19.6 Å². The van der Waals surface area contributed by atoms with Crippen LogP contribution in [0.15, 0.2) is 30.3 Å². The lowest BCUT2D eigenvalue weighted by atomic mass is 10.0. The summed E-state index contributed by atoms with van der Waals surface area (Å²) in [7, 11) is 0. The summed E-state index contributed by atoms with van der Waals surface area (Å²) >= 11 is 0. The maximum atomic E-state index is 10.3. The molecule has 1 fully saturated rings. The van der Waals surface area contributed by atoms with Gasteiger partial charge < -0.3 is 14.9 Å². The first-order valence-electron chi connectivity index (χ1n) is 9.44. The number of ether oxygens (including phenoxy) is 1. The molecule has 0 saturated carbocycles. The van der Waals surface area contributed by atoms with Gasteiger partial charge in [-0.2, -0.15) is 0 Å². The Morgan fingerprint density at radius 1 is 0.958 bits per heavy atom. The molecule has 2 atom stereocenters. The van der Waals surface area contributed by atoms with Gasteiger partial charge in [-0.25, -0.2) is 0 Å². The normalized spacial score (nSPS) is 25.0. The van der Waals surface area contributed by atoms with E-state index in [1.165, 1.54) is 32.1 Å². The van der Waals surface area contributed by atoms with Crippen LogP contribution in [0.3, 0.4) is 0 Å². The third-order valence-electron chi connectivity index (χ3n) is 4.76. The minimum atomic E-state index is -0.627. The van der Waals surface area contributed by atoms with E-state index in [9.17, 15) is 10.2 Å². The second-order valence-corrected chi connectivity index (χ2v) is 6.92. The van der Waals surface area contributed by atoms with Crippen LogP contribution >= 0.6 is 0 Å². The Bertz CT molecular complexity index is 428. The molecule has 0 bridgehead atoms. The summed E-state index contributed by atoms with van der Waals surface area (Å²) in [4.78, 5) is 2.16. The van der Waals surface area contributed by atoms with Crippen LogP contribution in [0.2, 0.25) is 0 Å². The van der Waals surface area contributed by atoms with Gasteiger partial charge in [-0.05, 0) is 18.5 Å². The molecule has 1 aromatic carbocycles. The number of nitrogens with zero attached hydrogens (tertiary/aromatic N) is 1. The van der Waals surface area contributed by atoms with Crippen molar-refractivity contribution < 1.29 is 14.9 Å². The molecule has 2 rings (SSSR count). The van der Waals surface area contributed by atoms with Gasteiger partial charge in [-0.1, -0.05) is 69.4 Å². The van der Waals surface area contributed by atoms with Crippen LogP contribution in [0.4, 0.5) is 0 Å². The molecular formula is C20H33NO3. The number of β-amino-alcohol motifs (C(OH)–C–C–N with tert-alkyl or cyclic N) is 2. The summed E-state index contributed by atoms with van der Waals surface area (Å²) in [5.41, 5.74) is 1.06. The molecule has 0 aromatic heterocycles. The van der Waals surface area contributed by atoms with Gasteiger partial charge in [0, 0.05) is 13.1 Å². The lowest BCUT2D eigenvalue weighted by Crippen LogP contribution is -2.56. The molecule has 1 aliphatic rings. The third-order valence-corrected chi connectivity index (χ3v) is 4.76. The van der Waals surface area contributed by atoms with Crippen LogP contribution < -0.4 is 0 Å². The van der Waals surface area contributed by atoms with Gasteiger partial charge in [0.25, 0.3) is 0 Å². The van der Waals surface area contributed by atoms with E-state index >= 15 is 0 Å². The van der Waals surface area contributed by atoms with Crippen LogP contribution in [0.1, 0.15) is 51.0 Å². The zero-order valence-corrected chi connectivity index (χ0v) is 14.9. The van der Waals surface area contributed by atoms with E-state index in [0.717, 1.165) is 18.5 Å². The molecule has 0 radical (unpaired) electrons.